The van der Waals surface area contributed by atoms with Crippen molar-refractivity contribution in [2.24, 2.45) is 0 Å². The summed E-state index contributed by atoms with van der Waals surface area (Å²) in [5, 5.41) is 28.0. The highest BCUT2D eigenvalue weighted by atomic mass is 16.5. The number of esters is 1. The molecule has 2 aromatic rings. The second-order valence-corrected chi connectivity index (χ2v) is 7.63. The van der Waals surface area contributed by atoms with Gasteiger partial charge in [0, 0.05) is 5.56 Å². The van der Waals surface area contributed by atoms with E-state index in [0.29, 0.717) is 18.6 Å². The second kappa shape index (κ2) is 15.7. The zero-order valence-corrected chi connectivity index (χ0v) is 19.2. The van der Waals surface area contributed by atoms with Crippen LogP contribution in [0, 0.1) is 0 Å². The molecule has 0 aliphatic heterocycles. The van der Waals surface area contributed by atoms with Gasteiger partial charge in [-0.05, 0) is 43.5 Å². The smallest absolute Gasteiger partial charge is 0.341 e. The molecule has 3 N–H and O–H groups in total. The van der Waals surface area contributed by atoms with Gasteiger partial charge in [-0.25, -0.2) is 9.59 Å². The molecule has 32 heavy (non-hydrogen) atoms. The normalized spacial score (nSPS) is 10.2. The van der Waals surface area contributed by atoms with Gasteiger partial charge in [-0.1, -0.05) is 70.6 Å². The Bertz CT molecular complexity index is 831. The van der Waals surface area contributed by atoms with Crippen LogP contribution >= 0.6 is 0 Å². The summed E-state index contributed by atoms with van der Waals surface area (Å²) in [6.45, 7) is 4.68. The standard InChI is InChI=1S/2C13H18O3/c1-2-3-4-7-10-16-13(15)11-8-5-6-9-12(11)14;1-2-3-4-5-7-10-11(13(15)16)8-6-9-12(10)14/h5-6,8-9,14H,2-4,7,10H2,1H3;6,8-9,14H,2-5,7H2,1H3,(H,15,16). The fourth-order valence-corrected chi connectivity index (χ4v) is 3.18. The third-order valence-electron chi connectivity index (χ3n) is 5.02. The average molecular weight is 445 g/mol. The quantitative estimate of drug-likeness (QED) is 0.260. The minimum Gasteiger partial charge on any atom is -0.508 e. The molecule has 0 amide bonds. The summed E-state index contributed by atoms with van der Waals surface area (Å²) in [6, 6.07) is 11.1. The van der Waals surface area contributed by atoms with E-state index in [-0.39, 0.29) is 22.6 Å². The lowest BCUT2D eigenvalue weighted by molar-refractivity contribution is 0.0494. The number of rotatable bonds is 12. The number of carboxylic acids is 1. The van der Waals surface area contributed by atoms with Crippen LogP contribution in [-0.2, 0) is 11.2 Å². The highest BCUT2D eigenvalue weighted by Crippen LogP contribution is 2.23. The van der Waals surface area contributed by atoms with Crippen molar-refractivity contribution < 1.29 is 29.6 Å². The predicted molar refractivity (Wildman–Crippen MR) is 125 cm³/mol. The topological polar surface area (TPSA) is 104 Å². The molecule has 0 spiro atoms. The molecule has 0 fully saturated rings. The fraction of sp³-hybridized carbons (Fsp3) is 0.462. The maximum absolute atomic E-state index is 11.5. The third kappa shape index (κ3) is 9.86. The van der Waals surface area contributed by atoms with Crippen molar-refractivity contribution in [2.75, 3.05) is 6.61 Å². The van der Waals surface area contributed by atoms with E-state index in [0.717, 1.165) is 51.4 Å². The fourth-order valence-electron chi connectivity index (χ4n) is 3.18. The van der Waals surface area contributed by atoms with Gasteiger partial charge in [0.05, 0.1) is 12.2 Å². The Morgan fingerprint density at radius 3 is 1.97 bits per heavy atom. The number of benzene rings is 2. The molecule has 0 saturated heterocycles. The molecule has 0 bridgehead atoms. The molecule has 0 atom stereocenters. The van der Waals surface area contributed by atoms with Crippen LogP contribution in [0.4, 0.5) is 0 Å². The number of aromatic hydroxyl groups is 2. The zero-order valence-electron chi connectivity index (χ0n) is 19.2. The Morgan fingerprint density at radius 1 is 0.750 bits per heavy atom. The van der Waals surface area contributed by atoms with E-state index in [1.54, 1.807) is 30.3 Å². The van der Waals surface area contributed by atoms with E-state index in [1.165, 1.54) is 12.1 Å². The van der Waals surface area contributed by atoms with Crippen LogP contribution in [0.1, 0.15) is 91.5 Å². The molecule has 0 heterocycles. The molecule has 0 aliphatic carbocycles. The molecule has 0 saturated carbocycles. The Kier molecular flexibility index (Phi) is 13.3. The zero-order chi connectivity index (χ0) is 23.8. The maximum atomic E-state index is 11.5. The molecule has 0 unspecified atom stereocenters. The first-order valence-corrected chi connectivity index (χ1v) is 11.4. The van der Waals surface area contributed by atoms with Crippen molar-refractivity contribution in [3.8, 4) is 11.5 Å². The van der Waals surface area contributed by atoms with Crippen molar-refractivity contribution in [2.45, 2.75) is 71.6 Å². The van der Waals surface area contributed by atoms with Crippen molar-refractivity contribution in [3.63, 3.8) is 0 Å². The Labute approximate surface area is 190 Å². The van der Waals surface area contributed by atoms with Crippen LogP contribution in [0.15, 0.2) is 42.5 Å². The largest absolute Gasteiger partial charge is 0.508 e. The third-order valence-corrected chi connectivity index (χ3v) is 5.02. The molecule has 2 rings (SSSR count). The Balaban J connectivity index is 0.000000320. The monoisotopic (exact) mass is 444 g/mol. The van der Waals surface area contributed by atoms with Crippen molar-refractivity contribution in [3.05, 3.63) is 59.2 Å². The SMILES string of the molecule is CCCCCCOC(=O)c1ccccc1O.CCCCCCc1c(O)cccc1C(=O)O. The van der Waals surface area contributed by atoms with Gasteiger partial charge in [0.15, 0.2) is 0 Å². The number of unbranched alkanes of at least 4 members (excludes halogenated alkanes) is 6. The summed E-state index contributed by atoms with van der Waals surface area (Å²) >= 11 is 0. The summed E-state index contributed by atoms with van der Waals surface area (Å²) in [6.07, 6.45) is 9.20. The van der Waals surface area contributed by atoms with Crippen LogP contribution in [-0.4, -0.2) is 33.9 Å². The lowest BCUT2D eigenvalue weighted by atomic mass is 10.00. The first-order valence-electron chi connectivity index (χ1n) is 11.4. The highest BCUT2D eigenvalue weighted by molar-refractivity contribution is 5.92. The van der Waals surface area contributed by atoms with E-state index in [2.05, 4.69) is 13.8 Å². The van der Waals surface area contributed by atoms with E-state index in [4.69, 9.17) is 9.84 Å². The van der Waals surface area contributed by atoms with Crippen molar-refractivity contribution >= 4 is 11.9 Å². The van der Waals surface area contributed by atoms with E-state index in [1.807, 2.05) is 0 Å². The molecule has 0 aliphatic rings. The molecule has 0 radical (unpaired) electrons. The Hall–Kier alpha value is -3.02. The molecule has 6 heteroatoms. The van der Waals surface area contributed by atoms with Gasteiger partial charge in [0.1, 0.15) is 17.1 Å². The van der Waals surface area contributed by atoms with Crippen molar-refractivity contribution in [1.82, 2.24) is 0 Å². The van der Waals surface area contributed by atoms with Crippen LogP contribution < -0.4 is 0 Å². The number of para-hydroxylation sites is 1. The predicted octanol–water partition coefficient (Wildman–Crippen LogP) is 6.34. The minimum atomic E-state index is -0.971. The number of hydrogen-bond donors (Lipinski definition) is 3. The number of phenols is 2. The summed E-state index contributed by atoms with van der Waals surface area (Å²) < 4.78 is 5.06. The molecular formula is C26H36O6. The summed E-state index contributed by atoms with van der Waals surface area (Å²) in [7, 11) is 0. The summed E-state index contributed by atoms with van der Waals surface area (Å²) in [5.74, 6) is -1.35. The number of carbonyl (C=O) groups is 2. The minimum absolute atomic E-state index is 0.0268. The van der Waals surface area contributed by atoms with Gasteiger partial charge >= 0.3 is 11.9 Å². The van der Waals surface area contributed by atoms with Gasteiger partial charge in [-0.15, -0.1) is 0 Å². The van der Waals surface area contributed by atoms with Crippen molar-refractivity contribution in [1.29, 1.82) is 0 Å². The number of phenolic OH excluding ortho intramolecular Hbond substituents is 2. The van der Waals surface area contributed by atoms with Crippen LogP contribution in [0.25, 0.3) is 0 Å². The lowest BCUT2D eigenvalue weighted by Crippen LogP contribution is -2.06. The Morgan fingerprint density at radius 2 is 1.34 bits per heavy atom. The lowest BCUT2D eigenvalue weighted by Gasteiger charge is -2.07. The van der Waals surface area contributed by atoms with Crippen LogP contribution in [0.5, 0.6) is 11.5 Å². The number of carboxylic acid groups (broad SMARTS) is 1. The number of hydrogen-bond acceptors (Lipinski definition) is 5. The van der Waals surface area contributed by atoms with Crippen LogP contribution in [0.2, 0.25) is 0 Å². The summed E-state index contributed by atoms with van der Waals surface area (Å²) in [4.78, 5) is 22.5. The number of ether oxygens (including phenoxy) is 1. The van der Waals surface area contributed by atoms with E-state index in [9.17, 15) is 19.8 Å². The number of aromatic carboxylic acids is 1. The second-order valence-electron chi connectivity index (χ2n) is 7.63. The maximum Gasteiger partial charge on any atom is 0.341 e. The average Bonchev–Trinajstić information content (AvgIpc) is 2.78. The van der Waals surface area contributed by atoms with E-state index >= 15 is 0 Å². The van der Waals surface area contributed by atoms with E-state index < -0.39 is 11.9 Å². The molecule has 6 nitrogen and oxygen atoms in total. The first kappa shape index (κ1) is 27.0. The number of carbonyl (C=O) groups excluding carboxylic acids is 1. The molecule has 2 aromatic carbocycles. The van der Waals surface area contributed by atoms with Gasteiger partial charge in [0.25, 0.3) is 0 Å². The summed E-state index contributed by atoms with van der Waals surface area (Å²) in [5.41, 5.74) is 1.01. The molecule has 0 aromatic heterocycles. The van der Waals surface area contributed by atoms with Gasteiger partial charge in [0.2, 0.25) is 0 Å². The van der Waals surface area contributed by atoms with Gasteiger partial charge in [-0.3, -0.25) is 0 Å². The van der Waals surface area contributed by atoms with Crippen LogP contribution in [0.3, 0.4) is 0 Å². The molecule has 176 valence electrons. The van der Waals surface area contributed by atoms with Gasteiger partial charge < -0.3 is 20.1 Å². The van der Waals surface area contributed by atoms with Gasteiger partial charge in [-0.2, -0.15) is 0 Å². The molecular weight excluding hydrogens is 408 g/mol. The highest BCUT2D eigenvalue weighted by Gasteiger charge is 2.13. The first-order chi connectivity index (χ1) is 15.4.